The zero-order chi connectivity index (χ0) is 22.2. The van der Waals surface area contributed by atoms with Gasteiger partial charge in [-0.3, -0.25) is 9.69 Å². The van der Waals surface area contributed by atoms with Gasteiger partial charge in [-0.05, 0) is 49.7 Å². The van der Waals surface area contributed by atoms with Crippen molar-refractivity contribution in [2.75, 3.05) is 63.8 Å². The highest BCUT2D eigenvalue weighted by molar-refractivity contribution is 5.84. The van der Waals surface area contributed by atoms with Crippen LogP contribution in [0, 0.1) is 11.8 Å². The van der Waals surface area contributed by atoms with Crippen LogP contribution < -0.4 is 15.5 Å². The van der Waals surface area contributed by atoms with Crippen LogP contribution in [0.25, 0.3) is 0 Å². The fraction of sp³-hybridized carbons (Fsp3) is 0.708. The average molecular weight is 443 g/mol. The van der Waals surface area contributed by atoms with E-state index in [2.05, 4.69) is 31.5 Å². The van der Waals surface area contributed by atoms with Crippen molar-refractivity contribution in [3.8, 4) is 0 Å². The average Bonchev–Trinajstić information content (AvgIpc) is 3.36. The molecule has 4 rings (SSSR count). The molecule has 0 spiro atoms. The highest BCUT2D eigenvalue weighted by atomic mass is 16.2. The molecule has 0 radical (unpaired) electrons. The number of anilines is 1. The van der Waals surface area contributed by atoms with Gasteiger partial charge in [-0.25, -0.2) is 9.78 Å². The molecule has 1 saturated carbocycles. The first-order chi connectivity index (χ1) is 15.7. The van der Waals surface area contributed by atoms with Crippen LogP contribution in [0.2, 0.25) is 0 Å². The predicted molar refractivity (Wildman–Crippen MR) is 126 cm³/mol. The lowest BCUT2D eigenvalue weighted by Crippen LogP contribution is -2.51. The largest absolute Gasteiger partial charge is 0.354 e. The van der Waals surface area contributed by atoms with Gasteiger partial charge in [0.15, 0.2) is 0 Å². The van der Waals surface area contributed by atoms with Gasteiger partial charge < -0.3 is 20.4 Å². The molecular formula is C24H38N6O2. The van der Waals surface area contributed by atoms with E-state index < -0.39 is 0 Å². The molecule has 0 bridgehead atoms. The normalized spacial score (nSPS) is 22.7. The van der Waals surface area contributed by atoms with Crippen molar-refractivity contribution in [1.82, 2.24) is 25.4 Å². The molecule has 1 atom stereocenters. The number of urea groups is 1. The van der Waals surface area contributed by atoms with Gasteiger partial charge in [-0.2, -0.15) is 0 Å². The maximum atomic E-state index is 12.7. The van der Waals surface area contributed by atoms with E-state index in [-0.39, 0.29) is 18.5 Å². The Kier molecular flexibility index (Phi) is 8.20. The van der Waals surface area contributed by atoms with E-state index in [4.69, 9.17) is 0 Å². The zero-order valence-electron chi connectivity index (χ0n) is 19.2. The number of aromatic nitrogens is 1. The molecule has 2 aliphatic heterocycles. The Morgan fingerprint density at radius 1 is 0.938 bits per heavy atom. The molecule has 8 heteroatoms. The predicted octanol–water partition coefficient (Wildman–Crippen LogP) is 1.93. The summed E-state index contributed by atoms with van der Waals surface area (Å²) in [7, 11) is 0. The van der Waals surface area contributed by atoms with Crippen molar-refractivity contribution < 1.29 is 9.59 Å². The lowest BCUT2D eigenvalue weighted by atomic mass is 9.97. The fourth-order valence-corrected chi connectivity index (χ4v) is 5.29. The number of carbonyl (C=O) groups excluding carboxylic acids is 2. The number of amides is 3. The summed E-state index contributed by atoms with van der Waals surface area (Å²) in [6, 6.07) is 5.85. The summed E-state index contributed by atoms with van der Waals surface area (Å²) < 4.78 is 0. The van der Waals surface area contributed by atoms with Crippen LogP contribution >= 0.6 is 0 Å². The van der Waals surface area contributed by atoms with Gasteiger partial charge >= 0.3 is 6.03 Å². The van der Waals surface area contributed by atoms with Gasteiger partial charge in [0.05, 0.1) is 6.54 Å². The van der Waals surface area contributed by atoms with E-state index in [1.165, 1.54) is 32.1 Å². The third kappa shape index (κ3) is 6.58. The summed E-state index contributed by atoms with van der Waals surface area (Å²) in [5.74, 6) is 2.20. The number of piperazine rings is 1. The second-order valence-corrected chi connectivity index (χ2v) is 9.54. The third-order valence-corrected chi connectivity index (χ3v) is 7.16. The first kappa shape index (κ1) is 22.8. The van der Waals surface area contributed by atoms with E-state index in [1.54, 1.807) is 0 Å². The topological polar surface area (TPSA) is 80.8 Å². The lowest BCUT2D eigenvalue weighted by Gasteiger charge is -2.39. The Labute approximate surface area is 191 Å². The molecule has 3 aliphatic rings. The van der Waals surface area contributed by atoms with Crippen LogP contribution in [0.3, 0.4) is 0 Å². The minimum atomic E-state index is -0.218. The highest BCUT2D eigenvalue weighted by Crippen LogP contribution is 2.23. The van der Waals surface area contributed by atoms with Crippen molar-refractivity contribution in [2.24, 2.45) is 11.8 Å². The van der Waals surface area contributed by atoms with E-state index in [9.17, 15) is 9.59 Å². The van der Waals surface area contributed by atoms with Gasteiger partial charge in [0.1, 0.15) is 5.82 Å². The van der Waals surface area contributed by atoms with E-state index in [0.29, 0.717) is 11.8 Å². The SMILES string of the molecule is O=C(NCC(=O)N1CCCC(CN2CCN(c3ccccn3)CC2)C1)NCC1CCCC1. The van der Waals surface area contributed by atoms with Crippen LogP contribution in [0.1, 0.15) is 38.5 Å². The third-order valence-electron chi connectivity index (χ3n) is 7.16. The van der Waals surface area contributed by atoms with E-state index >= 15 is 0 Å². The number of hydrogen-bond donors (Lipinski definition) is 2. The summed E-state index contributed by atoms with van der Waals surface area (Å²) in [5, 5.41) is 5.68. The summed E-state index contributed by atoms with van der Waals surface area (Å²) in [6.45, 7) is 7.49. The van der Waals surface area contributed by atoms with Gasteiger partial charge in [-0.15, -0.1) is 0 Å². The number of nitrogens with one attached hydrogen (secondary N) is 2. The summed E-state index contributed by atoms with van der Waals surface area (Å²) >= 11 is 0. The molecule has 3 heterocycles. The molecule has 1 aromatic heterocycles. The number of likely N-dealkylation sites (tertiary alicyclic amines) is 1. The van der Waals surface area contributed by atoms with Crippen molar-refractivity contribution in [3.63, 3.8) is 0 Å². The van der Waals surface area contributed by atoms with E-state index in [1.807, 2.05) is 23.2 Å². The van der Waals surface area contributed by atoms with E-state index in [0.717, 1.165) is 64.6 Å². The number of nitrogens with zero attached hydrogens (tertiary/aromatic N) is 4. The Morgan fingerprint density at radius 2 is 1.72 bits per heavy atom. The molecule has 8 nitrogen and oxygen atoms in total. The van der Waals surface area contributed by atoms with Crippen LogP contribution in [-0.2, 0) is 4.79 Å². The number of piperidine rings is 1. The maximum absolute atomic E-state index is 12.7. The Hall–Kier alpha value is -2.35. The number of carbonyl (C=O) groups is 2. The first-order valence-corrected chi connectivity index (χ1v) is 12.3. The fourth-order valence-electron chi connectivity index (χ4n) is 5.29. The van der Waals surface area contributed by atoms with Crippen LogP contribution in [0.4, 0.5) is 10.6 Å². The second kappa shape index (κ2) is 11.5. The van der Waals surface area contributed by atoms with Crippen LogP contribution in [0.15, 0.2) is 24.4 Å². The van der Waals surface area contributed by atoms with Gasteiger partial charge in [-0.1, -0.05) is 18.9 Å². The zero-order valence-corrected chi connectivity index (χ0v) is 19.2. The number of hydrogen-bond acceptors (Lipinski definition) is 5. The molecule has 2 saturated heterocycles. The molecule has 176 valence electrons. The van der Waals surface area contributed by atoms with Gasteiger partial charge in [0, 0.05) is 58.6 Å². The Morgan fingerprint density at radius 3 is 2.47 bits per heavy atom. The maximum Gasteiger partial charge on any atom is 0.315 e. The molecule has 1 aliphatic carbocycles. The van der Waals surface area contributed by atoms with Crippen molar-refractivity contribution in [2.45, 2.75) is 38.5 Å². The van der Waals surface area contributed by atoms with Gasteiger partial charge in [0.25, 0.3) is 0 Å². The highest BCUT2D eigenvalue weighted by Gasteiger charge is 2.27. The Balaban J connectivity index is 1.14. The van der Waals surface area contributed by atoms with Crippen LogP contribution in [-0.4, -0.2) is 85.6 Å². The van der Waals surface area contributed by atoms with Crippen LogP contribution in [0.5, 0.6) is 0 Å². The molecule has 1 unspecified atom stereocenters. The first-order valence-electron chi connectivity index (χ1n) is 12.3. The summed E-state index contributed by atoms with van der Waals surface area (Å²) in [5.41, 5.74) is 0. The number of pyridine rings is 1. The molecule has 32 heavy (non-hydrogen) atoms. The molecule has 0 aromatic carbocycles. The standard InChI is InChI=1S/C24H38N6O2/c31-23(17-27-24(32)26-16-20-6-1-2-7-20)30-11-5-8-21(19-30)18-28-12-14-29(15-13-28)22-9-3-4-10-25-22/h3-4,9-10,20-21H,1-2,5-8,11-19H2,(H2,26,27,32). The second-order valence-electron chi connectivity index (χ2n) is 9.54. The van der Waals surface area contributed by atoms with Crippen molar-refractivity contribution in [1.29, 1.82) is 0 Å². The van der Waals surface area contributed by atoms with Crippen molar-refractivity contribution in [3.05, 3.63) is 24.4 Å². The number of rotatable bonds is 7. The lowest BCUT2D eigenvalue weighted by molar-refractivity contribution is -0.132. The molecule has 1 aromatic rings. The molecule has 3 amide bonds. The quantitative estimate of drug-likeness (QED) is 0.675. The molecular weight excluding hydrogens is 404 g/mol. The minimum Gasteiger partial charge on any atom is -0.354 e. The minimum absolute atomic E-state index is 0.0330. The van der Waals surface area contributed by atoms with Crippen molar-refractivity contribution >= 4 is 17.8 Å². The molecule has 2 N–H and O–H groups in total. The smallest absolute Gasteiger partial charge is 0.315 e. The summed E-state index contributed by atoms with van der Waals surface area (Å²) in [6.07, 6.45) is 8.99. The monoisotopic (exact) mass is 442 g/mol. The Bertz CT molecular complexity index is 731. The van der Waals surface area contributed by atoms with Gasteiger partial charge in [0.2, 0.25) is 5.91 Å². The summed E-state index contributed by atoms with van der Waals surface area (Å²) in [4.78, 5) is 36.0. The molecule has 3 fully saturated rings.